The van der Waals surface area contributed by atoms with Crippen molar-refractivity contribution in [1.82, 2.24) is 0 Å². The maximum atomic E-state index is 12.3. The van der Waals surface area contributed by atoms with Crippen molar-refractivity contribution in [2.45, 2.75) is 52.4 Å². The van der Waals surface area contributed by atoms with Gasteiger partial charge in [0.05, 0.1) is 0 Å². The topological polar surface area (TPSA) is 34.1 Å². The summed E-state index contributed by atoms with van der Waals surface area (Å²) >= 11 is 0. The van der Waals surface area contributed by atoms with E-state index in [0.717, 1.165) is 59.1 Å². The van der Waals surface area contributed by atoms with E-state index in [-0.39, 0.29) is 11.6 Å². The lowest BCUT2D eigenvalue weighted by atomic mass is 9.97. The third-order valence-corrected chi connectivity index (χ3v) is 5.45. The summed E-state index contributed by atoms with van der Waals surface area (Å²) in [5.41, 5.74) is 6.02. The first-order valence-electron chi connectivity index (χ1n) is 11.0. The third-order valence-electron chi connectivity index (χ3n) is 5.45. The first-order chi connectivity index (χ1) is 14.6. The molecular formula is C28H30O2. The molecule has 2 nitrogen and oxygen atoms in total. The van der Waals surface area contributed by atoms with Crippen LogP contribution in [0.15, 0.2) is 72.8 Å². The second-order valence-electron chi connectivity index (χ2n) is 7.79. The first kappa shape index (κ1) is 21.7. The Labute approximate surface area is 180 Å². The number of hydrogen-bond donors (Lipinski definition) is 0. The Bertz CT molecular complexity index is 965. The Morgan fingerprint density at radius 2 is 0.867 bits per heavy atom. The van der Waals surface area contributed by atoms with E-state index in [2.05, 4.69) is 31.2 Å². The van der Waals surface area contributed by atoms with Crippen LogP contribution in [-0.2, 0) is 0 Å². The maximum Gasteiger partial charge on any atom is 0.162 e. The predicted octanol–water partition coefficient (Wildman–Crippen LogP) is 7.77. The number of carbonyl (C=O) groups is 2. The molecule has 0 saturated carbocycles. The minimum atomic E-state index is 0.201. The molecular weight excluding hydrogens is 368 g/mol. The molecule has 3 rings (SSSR count). The summed E-state index contributed by atoms with van der Waals surface area (Å²) in [5, 5.41) is 0. The molecule has 0 fully saturated rings. The van der Waals surface area contributed by atoms with Crippen LogP contribution in [0.5, 0.6) is 0 Å². The van der Waals surface area contributed by atoms with Gasteiger partial charge >= 0.3 is 0 Å². The molecule has 0 aliphatic carbocycles. The average Bonchev–Trinajstić information content (AvgIpc) is 2.80. The van der Waals surface area contributed by atoms with Gasteiger partial charge in [-0.05, 0) is 35.1 Å². The fourth-order valence-electron chi connectivity index (χ4n) is 3.60. The number of Topliss-reactive ketones (excluding diaryl/α,β-unsaturated/α-hetero) is 2. The molecule has 3 aromatic rings. The molecule has 30 heavy (non-hydrogen) atoms. The van der Waals surface area contributed by atoms with Crippen LogP contribution in [0.25, 0.3) is 22.3 Å². The van der Waals surface area contributed by atoms with E-state index in [1.165, 1.54) is 0 Å². The molecule has 0 unspecified atom stereocenters. The first-order valence-corrected chi connectivity index (χ1v) is 11.0. The molecule has 154 valence electrons. The van der Waals surface area contributed by atoms with E-state index in [0.29, 0.717) is 12.8 Å². The van der Waals surface area contributed by atoms with Gasteiger partial charge in [-0.15, -0.1) is 0 Å². The van der Waals surface area contributed by atoms with Crippen LogP contribution < -0.4 is 0 Å². The summed E-state index contributed by atoms with van der Waals surface area (Å²) in [7, 11) is 0. The number of carbonyl (C=O) groups excluding carboxylic acids is 2. The van der Waals surface area contributed by atoms with Gasteiger partial charge in [0.15, 0.2) is 11.6 Å². The molecule has 0 aliphatic rings. The van der Waals surface area contributed by atoms with E-state index < -0.39 is 0 Å². The molecule has 0 heterocycles. The third kappa shape index (κ3) is 5.54. The summed E-state index contributed by atoms with van der Waals surface area (Å²) in [5.74, 6) is 0.429. The molecule has 0 amide bonds. The van der Waals surface area contributed by atoms with Crippen LogP contribution in [-0.4, -0.2) is 11.6 Å². The highest BCUT2D eigenvalue weighted by atomic mass is 16.1. The highest BCUT2D eigenvalue weighted by molar-refractivity contribution is 5.97. The molecule has 0 spiro atoms. The molecule has 3 aromatic carbocycles. The molecule has 0 bridgehead atoms. The Morgan fingerprint density at radius 3 is 1.23 bits per heavy atom. The minimum Gasteiger partial charge on any atom is -0.294 e. The molecule has 0 aromatic heterocycles. The Morgan fingerprint density at radius 1 is 0.500 bits per heavy atom. The van der Waals surface area contributed by atoms with E-state index in [9.17, 15) is 9.59 Å². The van der Waals surface area contributed by atoms with E-state index in [4.69, 9.17) is 0 Å². The summed E-state index contributed by atoms with van der Waals surface area (Å²) in [4.78, 5) is 24.3. The highest BCUT2D eigenvalue weighted by Crippen LogP contribution is 2.26. The van der Waals surface area contributed by atoms with Gasteiger partial charge in [0, 0.05) is 24.0 Å². The Hall–Kier alpha value is -3.00. The molecule has 0 aliphatic heterocycles. The van der Waals surface area contributed by atoms with Gasteiger partial charge in [0.1, 0.15) is 0 Å². The van der Waals surface area contributed by atoms with Crippen LogP contribution in [0.3, 0.4) is 0 Å². The normalized spacial score (nSPS) is 10.7. The van der Waals surface area contributed by atoms with Crippen LogP contribution in [0.2, 0.25) is 0 Å². The summed E-state index contributed by atoms with van der Waals surface area (Å²) in [6.45, 7) is 4.17. The number of rotatable bonds is 10. The van der Waals surface area contributed by atoms with Crippen LogP contribution in [0.4, 0.5) is 0 Å². The van der Waals surface area contributed by atoms with Crippen LogP contribution in [0.1, 0.15) is 73.1 Å². The van der Waals surface area contributed by atoms with Crippen molar-refractivity contribution in [2.24, 2.45) is 0 Å². The Balaban J connectivity index is 1.68. The molecule has 0 saturated heterocycles. The number of ketones is 2. The second kappa shape index (κ2) is 10.7. The highest BCUT2D eigenvalue weighted by Gasteiger charge is 2.07. The zero-order valence-corrected chi connectivity index (χ0v) is 18.0. The lowest BCUT2D eigenvalue weighted by Crippen LogP contribution is -1.98. The van der Waals surface area contributed by atoms with Crippen molar-refractivity contribution in [3.05, 3.63) is 83.9 Å². The summed E-state index contributed by atoms with van der Waals surface area (Å²) < 4.78 is 0. The van der Waals surface area contributed by atoms with Gasteiger partial charge in [0.25, 0.3) is 0 Å². The summed E-state index contributed by atoms with van der Waals surface area (Å²) in [6.07, 6.45) is 5.29. The van der Waals surface area contributed by atoms with E-state index >= 15 is 0 Å². The Kier molecular flexibility index (Phi) is 7.73. The quantitative estimate of drug-likeness (QED) is 0.258. The fraction of sp³-hybridized carbons (Fsp3) is 0.286. The van der Waals surface area contributed by atoms with E-state index in [1.54, 1.807) is 0 Å². The summed E-state index contributed by atoms with van der Waals surface area (Å²) in [6, 6.07) is 24.2. The molecule has 2 heteroatoms. The zero-order valence-electron chi connectivity index (χ0n) is 18.0. The largest absolute Gasteiger partial charge is 0.294 e. The number of hydrogen-bond acceptors (Lipinski definition) is 2. The van der Waals surface area contributed by atoms with Crippen molar-refractivity contribution < 1.29 is 9.59 Å². The van der Waals surface area contributed by atoms with Gasteiger partial charge in [-0.1, -0.05) is 99.5 Å². The van der Waals surface area contributed by atoms with Crippen molar-refractivity contribution in [3.8, 4) is 22.3 Å². The van der Waals surface area contributed by atoms with Gasteiger partial charge in [-0.2, -0.15) is 0 Å². The smallest absolute Gasteiger partial charge is 0.162 e. The molecule has 0 atom stereocenters. The zero-order chi connectivity index (χ0) is 21.3. The molecule has 0 N–H and O–H groups in total. The van der Waals surface area contributed by atoms with Gasteiger partial charge in [-0.25, -0.2) is 0 Å². The van der Waals surface area contributed by atoms with Crippen molar-refractivity contribution in [1.29, 1.82) is 0 Å². The lowest BCUT2D eigenvalue weighted by Gasteiger charge is -2.07. The van der Waals surface area contributed by atoms with Crippen molar-refractivity contribution >= 4 is 11.6 Å². The average molecular weight is 399 g/mol. The van der Waals surface area contributed by atoms with Crippen molar-refractivity contribution in [3.63, 3.8) is 0 Å². The van der Waals surface area contributed by atoms with Gasteiger partial charge < -0.3 is 0 Å². The SMILES string of the molecule is CCCCCC(=O)c1ccc(-c2ccc(-c3ccc(C(=O)CCC)cc3)cc2)cc1. The monoisotopic (exact) mass is 398 g/mol. The van der Waals surface area contributed by atoms with Crippen LogP contribution >= 0.6 is 0 Å². The van der Waals surface area contributed by atoms with E-state index in [1.807, 2.05) is 55.5 Å². The van der Waals surface area contributed by atoms with Gasteiger partial charge in [-0.3, -0.25) is 9.59 Å². The second-order valence-corrected chi connectivity index (χ2v) is 7.79. The minimum absolute atomic E-state index is 0.201. The number of unbranched alkanes of at least 4 members (excludes halogenated alkanes) is 2. The fourth-order valence-corrected chi connectivity index (χ4v) is 3.60. The predicted molar refractivity (Wildman–Crippen MR) is 125 cm³/mol. The van der Waals surface area contributed by atoms with Crippen molar-refractivity contribution in [2.75, 3.05) is 0 Å². The standard InChI is InChI=1S/C28H30O2/c1-3-5-6-8-28(30)26-19-15-24(16-20-26)22-11-9-21(10-12-22)23-13-17-25(18-14-23)27(29)7-4-2/h9-20H,3-8H2,1-2H3. The van der Waals surface area contributed by atoms with Crippen LogP contribution in [0, 0.1) is 0 Å². The maximum absolute atomic E-state index is 12.3. The lowest BCUT2D eigenvalue weighted by molar-refractivity contribution is 0.0972. The number of benzene rings is 3. The molecule has 0 radical (unpaired) electrons. The van der Waals surface area contributed by atoms with Gasteiger partial charge in [0.2, 0.25) is 0 Å².